The van der Waals surface area contributed by atoms with Gasteiger partial charge in [0.15, 0.2) is 0 Å². The molecule has 1 unspecified atom stereocenters. The zero-order valence-electron chi connectivity index (χ0n) is 8.20. The molecule has 1 heterocycles. The Kier molecular flexibility index (Phi) is 3.20. The van der Waals surface area contributed by atoms with Crippen molar-refractivity contribution in [1.82, 2.24) is 9.97 Å². The number of rotatable bonds is 4. The topological polar surface area (TPSA) is 37.8 Å². The Labute approximate surface area is 97.9 Å². The predicted molar refractivity (Wildman–Crippen MR) is 65.1 cm³/mol. The number of halogens is 1. The Bertz CT molecular complexity index is 295. The second-order valence-electron chi connectivity index (χ2n) is 3.92. The van der Waals surface area contributed by atoms with E-state index in [-0.39, 0.29) is 0 Å². The highest BCUT2D eigenvalue weighted by Crippen LogP contribution is 2.36. The molecule has 4 heteroatoms. The average Bonchev–Trinajstić information content (AvgIpc) is 3.00. The first-order valence-electron chi connectivity index (χ1n) is 4.97. The molecule has 1 aromatic rings. The molecule has 0 spiro atoms. The molecular formula is C10H14IN3. The zero-order chi connectivity index (χ0) is 9.97. The first-order valence-corrected chi connectivity index (χ1v) is 6.05. The quantitative estimate of drug-likeness (QED) is 0.869. The Morgan fingerprint density at radius 2 is 2.14 bits per heavy atom. The molecule has 14 heavy (non-hydrogen) atoms. The van der Waals surface area contributed by atoms with E-state index in [1.165, 1.54) is 12.8 Å². The van der Waals surface area contributed by atoms with E-state index < -0.39 is 0 Å². The van der Waals surface area contributed by atoms with Crippen molar-refractivity contribution >= 4 is 28.5 Å². The summed E-state index contributed by atoms with van der Waals surface area (Å²) in [7, 11) is 0. The van der Waals surface area contributed by atoms with Crippen LogP contribution in [0.25, 0.3) is 0 Å². The van der Waals surface area contributed by atoms with Crippen LogP contribution in [0.5, 0.6) is 0 Å². The summed E-state index contributed by atoms with van der Waals surface area (Å²) < 4.78 is 1.07. The molecule has 3 nitrogen and oxygen atoms in total. The number of anilines is 1. The molecule has 1 N–H and O–H groups in total. The summed E-state index contributed by atoms with van der Waals surface area (Å²) >= 11 is 2.21. The normalized spacial score (nSPS) is 17.9. The van der Waals surface area contributed by atoms with Crippen LogP contribution in [0.2, 0.25) is 0 Å². The Morgan fingerprint density at radius 1 is 1.50 bits per heavy atom. The van der Waals surface area contributed by atoms with Crippen LogP contribution in [-0.2, 0) is 0 Å². The van der Waals surface area contributed by atoms with Crippen molar-refractivity contribution in [3.8, 4) is 0 Å². The van der Waals surface area contributed by atoms with Gasteiger partial charge in [0.1, 0.15) is 0 Å². The Balaban J connectivity index is 1.82. The summed E-state index contributed by atoms with van der Waals surface area (Å²) in [6.07, 6.45) is 6.46. The molecule has 1 atom stereocenters. The van der Waals surface area contributed by atoms with Crippen LogP contribution in [0.15, 0.2) is 12.4 Å². The summed E-state index contributed by atoms with van der Waals surface area (Å²) in [5, 5.41) is 3.27. The fraction of sp³-hybridized carbons (Fsp3) is 0.600. The molecule has 1 aromatic heterocycles. The smallest absolute Gasteiger partial charge is 0.222 e. The van der Waals surface area contributed by atoms with E-state index in [0.29, 0.717) is 0 Å². The van der Waals surface area contributed by atoms with E-state index in [2.05, 4.69) is 44.8 Å². The lowest BCUT2D eigenvalue weighted by molar-refractivity contribution is 0.535. The van der Waals surface area contributed by atoms with Crippen LogP contribution < -0.4 is 5.32 Å². The number of nitrogens with one attached hydrogen (secondary N) is 1. The third kappa shape index (κ3) is 2.80. The highest BCUT2D eigenvalue weighted by atomic mass is 127. The summed E-state index contributed by atoms with van der Waals surface area (Å²) in [4.78, 5) is 8.40. The molecule has 1 aliphatic carbocycles. The van der Waals surface area contributed by atoms with Gasteiger partial charge in [-0.05, 0) is 47.3 Å². The van der Waals surface area contributed by atoms with Gasteiger partial charge in [-0.15, -0.1) is 0 Å². The number of nitrogens with zero attached hydrogens (tertiary/aromatic N) is 2. The maximum Gasteiger partial charge on any atom is 0.222 e. The average molecular weight is 303 g/mol. The standard InChI is InChI=1S/C10H14IN3/c1-7(8-2-3-8)4-12-10-13-5-9(11)6-14-10/h5-8H,2-4H2,1H3,(H,12,13,14). The molecule has 0 amide bonds. The lowest BCUT2D eigenvalue weighted by atomic mass is 10.1. The maximum atomic E-state index is 4.20. The molecule has 2 rings (SSSR count). The van der Waals surface area contributed by atoms with Gasteiger partial charge in [-0.2, -0.15) is 0 Å². The van der Waals surface area contributed by atoms with Gasteiger partial charge in [-0.1, -0.05) is 6.92 Å². The van der Waals surface area contributed by atoms with Crippen LogP contribution in [-0.4, -0.2) is 16.5 Å². The number of hydrogen-bond acceptors (Lipinski definition) is 3. The van der Waals surface area contributed by atoms with E-state index >= 15 is 0 Å². The van der Waals surface area contributed by atoms with Crippen molar-refractivity contribution in [3.05, 3.63) is 16.0 Å². The monoisotopic (exact) mass is 303 g/mol. The molecular weight excluding hydrogens is 289 g/mol. The van der Waals surface area contributed by atoms with Crippen LogP contribution >= 0.6 is 22.6 Å². The third-order valence-corrected chi connectivity index (χ3v) is 3.19. The summed E-state index contributed by atoms with van der Waals surface area (Å²) in [5.74, 6) is 2.43. The lowest BCUT2D eigenvalue weighted by Gasteiger charge is -2.10. The SMILES string of the molecule is CC(CNc1ncc(I)cn1)C1CC1. The molecule has 1 fully saturated rings. The van der Waals surface area contributed by atoms with E-state index in [4.69, 9.17) is 0 Å². The minimum Gasteiger partial charge on any atom is -0.354 e. The van der Waals surface area contributed by atoms with Crippen LogP contribution in [0.3, 0.4) is 0 Å². The highest BCUT2D eigenvalue weighted by molar-refractivity contribution is 14.1. The van der Waals surface area contributed by atoms with E-state index in [1.54, 1.807) is 0 Å². The van der Waals surface area contributed by atoms with Gasteiger partial charge in [0, 0.05) is 22.5 Å². The van der Waals surface area contributed by atoms with Crippen LogP contribution in [0.1, 0.15) is 19.8 Å². The molecule has 1 aliphatic rings. The molecule has 1 saturated carbocycles. The Morgan fingerprint density at radius 3 is 2.71 bits per heavy atom. The third-order valence-electron chi connectivity index (χ3n) is 2.63. The van der Waals surface area contributed by atoms with Gasteiger partial charge < -0.3 is 5.32 Å². The van der Waals surface area contributed by atoms with Gasteiger partial charge in [0.25, 0.3) is 0 Å². The lowest BCUT2D eigenvalue weighted by Crippen LogP contribution is -2.14. The van der Waals surface area contributed by atoms with Gasteiger partial charge in [-0.3, -0.25) is 0 Å². The van der Waals surface area contributed by atoms with Crippen LogP contribution in [0.4, 0.5) is 5.95 Å². The van der Waals surface area contributed by atoms with E-state index in [1.807, 2.05) is 12.4 Å². The molecule has 0 aliphatic heterocycles. The molecule has 0 radical (unpaired) electrons. The number of aromatic nitrogens is 2. The minimum absolute atomic E-state index is 0.748. The van der Waals surface area contributed by atoms with Crippen molar-refractivity contribution in [2.75, 3.05) is 11.9 Å². The fourth-order valence-electron chi connectivity index (χ4n) is 1.49. The summed E-state index contributed by atoms with van der Waals surface area (Å²) in [6, 6.07) is 0. The van der Waals surface area contributed by atoms with Crippen molar-refractivity contribution in [2.24, 2.45) is 11.8 Å². The largest absolute Gasteiger partial charge is 0.354 e. The molecule has 0 aromatic carbocycles. The number of hydrogen-bond donors (Lipinski definition) is 1. The van der Waals surface area contributed by atoms with Crippen molar-refractivity contribution in [2.45, 2.75) is 19.8 Å². The fourth-order valence-corrected chi connectivity index (χ4v) is 1.77. The first-order chi connectivity index (χ1) is 6.75. The predicted octanol–water partition coefficient (Wildman–Crippen LogP) is 2.54. The van der Waals surface area contributed by atoms with Crippen molar-refractivity contribution in [1.29, 1.82) is 0 Å². The second kappa shape index (κ2) is 4.42. The van der Waals surface area contributed by atoms with Gasteiger partial charge in [-0.25, -0.2) is 9.97 Å². The first kappa shape index (κ1) is 10.1. The summed E-state index contributed by atoms with van der Waals surface area (Å²) in [5.41, 5.74) is 0. The van der Waals surface area contributed by atoms with Crippen molar-refractivity contribution in [3.63, 3.8) is 0 Å². The summed E-state index contributed by atoms with van der Waals surface area (Å²) in [6.45, 7) is 3.28. The second-order valence-corrected chi connectivity index (χ2v) is 5.17. The highest BCUT2D eigenvalue weighted by Gasteiger charge is 2.27. The zero-order valence-corrected chi connectivity index (χ0v) is 10.4. The molecule has 76 valence electrons. The molecule has 0 saturated heterocycles. The van der Waals surface area contributed by atoms with Crippen molar-refractivity contribution < 1.29 is 0 Å². The van der Waals surface area contributed by atoms with E-state index in [0.717, 1.165) is 27.9 Å². The van der Waals surface area contributed by atoms with E-state index in [9.17, 15) is 0 Å². The molecule has 0 bridgehead atoms. The van der Waals surface area contributed by atoms with Gasteiger partial charge in [0.05, 0.1) is 0 Å². The van der Waals surface area contributed by atoms with Crippen LogP contribution in [0, 0.1) is 15.4 Å². The minimum atomic E-state index is 0.748. The van der Waals surface area contributed by atoms with Gasteiger partial charge >= 0.3 is 0 Å². The Hall–Kier alpha value is -0.390. The maximum absolute atomic E-state index is 4.20. The van der Waals surface area contributed by atoms with Gasteiger partial charge in [0.2, 0.25) is 5.95 Å².